The van der Waals surface area contributed by atoms with E-state index in [0.29, 0.717) is 0 Å². The van der Waals surface area contributed by atoms with Gasteiger partial charge in [0.1, 0.15) is 6.04 Å². The molecule has 0 fully saturated rings. The molecule has 1 atom stereocenters. The second kappa shape index (κ2) is 4.66. The van der Waals surface area contributed by atoms with E-state index in [-0.39, 0.29) is 11.0 Å². The molecular weight excluding hydrogens is 229 g/mol. The smallest absolute Gasteiger partial charge is 0.271 e. The summed E-state index contributed by atoms with van der Waals surface area (Å²) >= 11 is 0. The maximum absolute atomic E-state index is 12.6. The van der Waals surface area contributed by atoms with Gasteiger partial charge in [0, 0.05) is 0 Å². The Hall–Kier alpha value is -1.07. The fraction of sp³-hybridized carbons (Fsp3) is 0.500. The third kappa shape index (κ3) is 3.44. The summed E-state index contributed by atoms with van der Waals surface area (Å²) in [5.41, 5.74) is 2.81. The van der Waals surface area contributed by atoms with Gasteiger partial charge in [-0.15, -0.1) is 0 Å². The molecule has 0 aliphatic rings. The normalized spacial score (nSPS) is 14.8. The molecular formula is C12H17F3N2. The molecule has 96 valence electrons. The number of hydrogen-bond donors (Lipinski definition) is 2. The van der Waals surface area contributed by atoms with Crippen LogP contribution in [-0.2, 0) is 5.41 Å². The zero-order valence-corrected chi connectivity index (χ0v) is 10.1. The summed E-state index contributed by atoms with van der Waals surface area (Å²) in [5, 5.41) is 0. The van der Waals surface area contributed by atoms with Gasteiger partial charge in [-0.3, -0.25) is 5.84 Å². The number of hydrazine groups is 1. The molecule has 0 aromatic heterocycles. The first-order chi connectivity index (χ1) is 7.66. The van der Waals surface area contributed by atoms with Crippen molar-refractivity contribution in [3.05, 3.63) is 35.4 Å². The fourth-order valence-electron chi connectivity index (χ4n) is 1.56. The van der Waals surface area contributed by atoms with Crippen LogP contribution in [0.2, 0.25) is 0 Å². The average Bonchev–Trinajstić information content (AvgIpc) is 2.16. The van der Waals surface area contributed by atoms with Gasteiger partial charge in [0.05, 0.1) is 0 Å². The van der Waals surface area contributed by atoms with Crippen LogP contribution in [0.4, 0.5) is 13.2 Å². The van der Waals surface area contributed by atoms with Crippen LogP contribution < -0.4 is 11.3 Å². The Bertz CT molecular complexity index is 363. The van der Waals surface area contributed by atoms with Gasteiger partial charge in [0.15, 0.2) is 0 Å². The number of nitrogens with two attached hydrogens (primary N) is 1. The summed E-state index contributed by atoms with van der Waals surface area (Å²) < 4.78 is 37.8. The Morgan fingerprint density at radius 3 is 1.82 bits per heavy atom. The minimum absolute atomic E-state index is 0.0810. The van der Waals surface area contributed by atoms with Crippen LogP contribution in [0.15, 0.2) is 24.3 Å². The first-order valence-corrected chi connectivity index (χ1v) is 5.29. The molecule has 0 saturated carbocycles. The summed E-state index contributed by atoms with van der Waals surface area (Å²) in [5.74, 6) is 4.94. The van der Waals surface area contributed by atoms with E-state index >= 15 is 0 Å². The highest BCUT2D eigenvalue weighted by atomic mass is 19.4. The lowest BCUT2D eigenvalue weighted by Gasteiger charge is -2.22. The second-order valence-corrected chi connectivity index (χ2v) is 5.01. The Morgan fingerprint density at radius 2 is 1.53 bits per heavy atom. The lowest BCUT2D eigenvalue weighted by molar-refractivity contribution is -0.157. The maximum atomic E-state index is 12.6. The summed E-state index contributed by atoms with van der Waals surface area (Å²) in [6.07, 6.45) is -4.39. The van der Waals surface area contributed by atoms with Crippen LogP contribution in [-0.4, -0.2) is 6.18 Å². The minimum Gasteiger partial charge on any atom is -0.271 e. The van der Waals surface area contributed by atoms with Gasteiger partial charge in [-0.25, -0.2) is 5.43 Å². The van der Waals surface area contributed by atoms with E-state index in [9.17, 15) is 13.2 Å². The number of nitrogens with one attached hydrogen (secondary N) is 1. The first kappa shape index (κ1) is 14.0. The van der Waals surface area contributed by atoms with Crippen molar-refractivity contribution in [3.8, 4) is 0 Å². The molecule has 1 rings (SSSR count). The van der Waals surface area contributed by atoms with Crippen LogP contribution in [0, 0.1) is 0 Å². The van der Waals surface area contributed by atoms with Crippen molar-refractivity contribution in [3.63, 3.8) is 0 Å². The van der Waals surface area contributed by atoms with Crippen molar-refractivity contribution < 1.29 is 13.2 Å². The predicted octanol–water partition coefficient (Wildman–Crippen LogP) is 3.05. The molecule has 3 N–H and O–H groups in total. The van der Waals surface area contributed by atoms with E-state index in [0.717, 1.165) is 5.56 Å². The highest BCUT2D eigenvalue weighted by Crippen LogP contribution is 2.33. The van der Waals surface area contributed by atoms with Crippen molar-refractivity contribution in [1.29, 1.82) is 0 Å². The standard InChI is InChI=1S/C12H17F3N2/c1-11(2,3)9-6-4-8(5-7-9)10(17-16)12(13,14)15/h4-7,10,17H,16H2,1-3H3/t10-/m1/s1. The van der Waals surface area contributed by atoms with Crippen LogP contribution in [0.3, 0.4) is 0 Å². The molecule has 0 heterocycles. The van der Waals surface area contributed by atoms with Crippen molar-refractivity contribution in [2.75, 3.05) is 0 Å². The summed E-state index contributed by atoms with van der Waals surface area (Å²) in [4.78, 5) is 0. The average molecular weight is 246 g/mol. The number of halogens is 3. The molecule has 0 spiro atoms. The third-order valence-corrected chi connectivity index (χ3v) is 2.60. The molecule has 0 unspecified atom stereocenters. The third-order valence-electron chi connectivity index (χ3n) is 2.60. The number of benzene rings is 1. The molecule has 17 heavy (non-hydrogen) atoms. The monoisotopic (exact) mass is 246 g/mol. The van der Waals surface area contributed by atoms with Gasteiger partial charge < -0.3 is 0 Å². The SMILES string of the molecule is CC(C)(C)c1ccc([C@@H](NN)C(F)(F)F)cc1. The van der Waals surface area contributed by atoms with Gasteiger partial charge in [-0.05, 0) is 16.5 Å². The highest BCUT2D eigenvalue weighted by Gasteiger charge is 2.40. The zero-order chi connectivity index (χ0) is 13.3. The van der Waals surface area contributed by atoms with Crippen molar-refractivity contribution in [2.45, 2.75) is 38.4 Å². The predicted molar refractivity (Wildman–Crippen MR) is 61.3 cm³/mol. The summed E-state index contributed by atoms with van der Waals surface area (Å²) in [6.45, 7) is 6.01. The van der Waals surface area contributed by atoms with Gasteiger partial charge in [0.25, 0.3) is 0 Å². The minimum atomic E-state index is -4.39. The Kier molecular flexibility index (Phi) is 3.84. The van der Waals surface area contributed by atoms with Gasteiger partial charge >= 0.3 is 6.18 Å². The number of alkyl halides is 3. The zero-order valence-electron chi connectivity index (χ0n) is 10.1. The van der Waals surface area contributed by atoms with Crippen molar-refractivity contribution in [1.82, 2.24) is 5.43 Å². The first-order valence-electron chi connectivity index (χ1n) is 5.29. The molecule has 5 heteroatoms. The molecule has 1 aromatic carbocycles. The lowest BCUT2D eigenvalue weighted by Crippen LogP contribution is -2.38. The van der Waals surface area contributed by atoms with E-state index in [2.05, 4.69) is 0 Å². The number of rotatable bonds is 2. The Morgan fingerprint density at radius 1 is 1.06 bits per heavy atom. The van der Waals surface area contributed by atoms with E-state index < -0.39 is 12.2 Å². The maximum Gasteiger partial charge on any atom is 0.409 e. The van der Waals surface area contributed by atoms with Crippen molar-refractivity contribution >= 4 is 0 Å². The molecule has 2 nitrogen and oxygen atoms in total. The highest BCUT2D eigenvalue weighted by molar-refractivity contribution is 5.29. The fourth-order valence-corrected chi connectivity index (χ4v) is 1.56. The van der Waals surface area contributed by atoms with Gasteiger partial charge in [-0.1, -0.05) is 45.0 Å². The van der Waals surface area contributed by atoms with Gasteiger partial charge in [0.2, 0.25) is 0 Å². The van der Waals surface area contributed by atoms with Crippen LogP contribution in [0.1, 0.15) is 37.9 Å². The molecule has 0 bridgehead atoms. The Labute approximate surface area is 99.0 Å². The quantitative estimate of drug-likeness (QED) is 0.621. The second-order valence-electron chi connectivity index (χ2n) is 5.01. The van der Waals surface area contributed by atoms with Gasteiger partial charge in [-0.2, -0.15) is 13.2 Å². The topological polar surface area (TPSA) is 38.0 Å². The van der Waals surface area contributed by atoms with E-state index in [1.807, 2.05) is 20.8 Å². The summed E-state index contributed by atoms with van der Waals surface area (Å²) in [7, 11) is 0. The van der Waals surface area contributed by atoms with Crippen LogP contribution in [0.5, 0.6) is 0 Å². The molecule has 0 aliphatic carbocycles. The van der Waals surface area contributed by atoms with E-state index in [1.165, 1.54) is 12.1 Å². The molecule has 0 aliphatic heterocycles. The van der Waals surface area contributed by atoms with Crippen LogP contribution >= 0.6 is 0 Å². The lowest BCUT2D eigenvalue weighted by atomic mass is 9.86. The van der Waals surface area contributed by atoms with Crippen LogP contribution in [0.25, 0.3) is 0 Å². The summed E-state index contributed by atoms with van der Waals surface area (Å²) in [6, 6.07) is 4.49. The number of hydrogen-bond acceptors (Lipinski definition) is 2. The van der Waals surface area contributed by atoms with E-state index in [4.69, 9.17) is 5.84 Å². The molecule has 0 saturated heterocycles. The van der Waals surface area contributed by atoms with Crippen molar-refractivity contribution in [2.24, 2.45) is 5.84 Å². The Balaban J connectivity index is 3.02. The largest absolute Gasteiger partial charge is 0.409 e. The molecule has 0 amide bonds. The molecule has 0 radical (unpaired) electrons. The molecule has 1 aromatic rings. The van der Waals surface area contributed by atoms with E-state index in [1.54, 1.807) is 17.6 Å².